The van der Waals surface area contributed by atoms with E-state index in [1.54, 1.807) is 0 Å². The largest absolute Gasteiger partial charge is 0.469 e. The van der Waals surface area contributed by atoms with Gasteiger partial charge in [-0.05, 0) is 38.4 Å². The highest BCUT2D eigenvalue weighted by atomic mass is 16.5. The van der Waals surface area contributed by atoms with E-state index in [-0.39, 0.29) is 5.97 Å². The molecular weight excluding hydrogens is 240 g/mol. The Morgan fingerprint density at radius 2 is 2.11 bits per heavy atom. The summed E-state index contributed by atoms with van der Waals surface area (Å²) in [6.45, 7) is 8.80. The predicted molar refractivity (Wildman–Crippen MR) is 76.9 cm³/mol. The van der Waals surface area contributed by atoms with E-state index >= 15 is 0 Å². The third-order valence-corrected chi connectivity index (χ3v) is 3.43. The van der Waals surface area contributed by atoms with Crippen molar-refractivity contribution in [3.8, 4) is 0 Å². The molecule has 0 aliphatic rings. The molecule has 0 fully saturated rings. The minimum atomic E-state index is -0.516. The number of hydrogen-bond acceptors (Lipinski definition) is 3. The topological polar surface area (TPSA) is 43.3 Å². The third kappa shape index (κ3) is 3.83. The molecule has 0 bridgehead atoms. The molecule has 1 atom stereocenters. The lowest BCUT2D eigenvalue weighted by molar-refractivity contribution is -0.151. The number of aromatic nitrogens is 1. The van der Waals surface area contributed by atoms with Crippen LogP contribution in [-0.4, -0.2) is 24.7 Å². The van der Waals surface area contributed by atoms with E-state index in [0.29, 0.717) is 18.5 Å². The van der Waals surface area contributed by atoms with Gasteiger partial charge in [-0.15, -0.1) is 0 Å². The maximum atomic E-state index is 11.7. The Hall–Kier alpha value is -1.29. The van der Waals surface area contributed by atoms with Gasteiger partial charge in [0, 0.05) is 25.0 Å². The van der Waals surface area contributed by atoms with Crippen LogP contribution in [0, 0.1) is 11.3 Å². The van der Waals surface area contributed by atoms with Crippen molar-refractivity contribution >= 4 is 5.97 Å². The zero-order chi connectivity index (χ0) is 14.6. The van der Waals surface area contributed by atoms with Crippen LogP contribution in [0.3, 0.4) is 0 Å². The van der Waals surface area contributed by atoms with Crippen LogP contribution in [-0.2, 0) is 16.1 Å². The molecule has 4 heteroatoms. The molecule has 1 aromatic rings. The van der Waals surface area contributed by atoms with E-state index in [4.69, 9.17) is 4.74 Å². The third-order valence-electron chi connectivity index (χ3n) is 3.43. The van der Waals surface area contributed by atoms with Gasteiger partial charge in [-0.1, -0.05) is 13.8 Å². The lowest BCUT2D eigenvalue weighted by Crippen LogP contribution is -2.30. The van der Waals surface area contributed by atoms with Gasteiger partial charge in [0.2, 0.25) is 0 Å². The first kappa shape index (κ1) is 15.8. The first-order valence-corrected chi connectivity index (χ1v) is 6.73. The van der Waals surface area contributed by atoms with Crippen molar-refractivity contribution in [1.82, 2.24) is 9.88 Å². The molecule has 1 rings (SSSR count). The zero-order valence-electron chi connectivity index (χ0n) is 12.9. The molecule has 19 heavy (non-hydrogen) atoms. The van der Waals surface area contributed by atoms with Gasteiger partial charge in [0.1, 0.15) is 0 Å². The van der Waals surface area contributed by atoms with E-state index in [1.165, 1.54) is 12.7 Å². The number of rotatable bonds is 6. The quantitative estimate of drug-likeness (QED) is 0.805. The van der Waals surface area contributed by atoms with Crippen molar-refractivity contribution < 1.29 is 9.53 Å². The Bertz CT molecular complexity index is 422. The van der Waals surface area contributed by atoms with E-state index in [2.05, 4.69) is 36.0 Å². The van der Waals surface area contributed by atoms with E-state index in [0.717, 1.165) is 0 Å². The molecule has 0 saturated heterocycles. The summed E-state index contributed by atoms with van der Waals surface area (Å²) in [6, 6.07) is 2.44. The highest BCUT2D eigenvalue weighted by Crippen LogP contribution is 2.24. The fourth-order valence-corrected chi connectivity index (χ4v) is 2.42. The first-order valence-electron chi connectivity index (χ1n) is 6.73. The lowest BCUT2D eigenvalue weighted by atomic mass is 9.93. The van der Waals surface area contributed by atoms with E-state index in [1.807, 2.05) is 27.1 Å². The first-order chi connectivity index (χ1) is 8.81. The molecular formula is C15H26N2O2. The molecule has 4 nitrogen and oxygen atoms in total. The second-order valence-electron chi connectivity index (χ2n) is 6.00. The van der Waals surface area contributed by atoms with Crippen molar-refractivity contribution in [2.24, 2.45) is 11.3 Å². The Labute approximate surface area is 116 Å². The van der Waals surface area contributed by atoms with Crippen LogP contribution in [0.25, 0.3) is 0 Å². The van der Waals surface area contributed by atoms with Gasteiger partial charge in [-0.2, -0.15) is 0 Å². The van der Waals surface area contributed by atoms with Crippen LogP contribution in [0.1, 0.15) is 39.3 Å². The summed E-state index contributed by atoms with van der Waals surface area (Å²) in [4.78, 5) is 11.7. The molecule has 1 unspecified atom stereocenters. The number of esters is 1. The minimum absolute atomic E-state index is 0.184. The summed E-state index contributed by atoms with van der Waals surface area (Å²) in [6.07, 6.45) is 4.12. The Kier molecular flexibility index (Phi) is 5.18. The van der Waals surface area contributed by atoms with E-state index in [9.17, 15) is 4.79 Å². The average Bonchev–Trinajstić information content (AvgIpc) is 2.75. The minimum Gasteiger partial charge on any atom is -0.469 e. The normalized spacial score (nSPS) is 13.6. The molecule has 0 aromatic carbocycles. The predicted octanol–water partition coefficient (Wildman–Crippen LogP) is 2.60. The molecule has 0 saturated carbocycles. The number of hydrogen-bond donors (Lipinski definition) is 1. The van der Waals surface area contributed by atoms with Crippen molar-refractivity contribution in [3.05, 3.63) is 24.0 Å². The fourth-order valence-electron chi connectivity index (χ4n) is 2.42. The van der Waals surface area contributed by atoms with Gasteiger partial charge < -0.3 is 14.6 Å². The van der Waals surface area contributed by atoms with Gasteiger partial charge in [-0.3, -0.25) is 4.79 Å². The molecule has 108 valence electrons. The van der Waals surface area contributed by atoms with Crippen molar-refractivity contribution in [1.29, 1.82) is 0 Å². The Morgan fingerprint density at radius 3 is 2.58 bits per heavy atom. The highest BCUT2D eigenvalue weighted by Gasteiger charge is 2.29. The van der Waals surface area contributed by atoms with E-state index < -0.39 is 5.41 Å². The molecule has 0 spiro atoms. The molecule has 1 N–H and O–H groups in total. The molecule has 1 aromatic heterocycles. The molecule has 1 heterocycles. The lowest BCUT2D eigenvalue weighted by Gasteiger charge is -2.22. The zero-order valence-corrected chi connectivity index (χ0v) is 12.9. The molecule has 0 radical (unpaired) electrons. The van der Waals surface area contributed by atoms with Crippen molar-refractivity contribution in [3.63, 3.8) is 0 Å². The average molecular weight is 266 g/mol. The van der Waals surface area contributed by atoms with Crippen LogP contribution in [0.4, 0.5) is 0 Å². The summed E-state index contributed by atoms with van der Waals surface area (Å²) >= 11 is 0. The van der Waals surface area contributed by atoms with Crippen molar-refractivity contribution in [2.45, 2.75) is 40.3 Å². The fraction of sp³-hybridized carbons (Fsp3) is 0.667. The number of nitrogens with zero attached hydrogens (tertiary/aromatic N) is 1. The number of carbonyl (C=O) groups is 1. The summed E-state index contributed by atoms with van der Waals surface area (Å²) in [5.41, 5.74) is 0.732. The summed E-state index contributed by atoms with van der Waals surface area (Å²) in [5, 5.41) is 3.32. The maximum absolute atomic E-state index is 11.7. The van der Waals surface area contributed by atoms with Gasteiger partial charge >= 0.3 is 5.97 Å². The maximum Gasteiger partial charge on any atom is 0.313 e. The van der Waals surface area contributed by atoms with Crippen LogP contribution in [0.15, 0.2) is 18.5 Å². The number of nitrogens with one attached hydrogen (secondary N) is 1. The van der Waals surface area contributed by atoms with Crippen molar-refractivity contribution in [2.75, 3.05) is 14.2 Å². The number of ether oxygens (including phenoxy) is 1. The Balaban J connectivity index is 2.83. The van der Waals surface area contributed by atoms with Crippen LogP contribution < -0.4 is 5.32 Å². The second kappa shape index (κ2) is 6.24. The second-order valence-corrected chi connectivity index (χ2v) is 6.00. The monoisotopic (exact) mass is 266 g/mol. The van der Waals surface area contributed by atoms with Crippen LogP contribution in [0.5, 0.6) is 0 Å². The standard InChI is InChI=1S/C15H26N2O2/c1-11(2)13(16-5)12-7-8-17(9-12)10-15(3,4)14(18)19-6/h7-9,11,13,16H,10H2,1-6H3. The molecule has 0 aliphatic carbocycles. The van der Waals surface area contributed by atoms with Gasteiger partial charge in [0.05, 0.1) is 12.5 Å². The summed E-state index contributed by atoms with van der Waals surface area (Å²) in [7, 11) is 3.40. The number of carbonyl (C=O) groups excluding carboxylic acids is 1. The summed E-state index contributed by atoms with van der Waals surface area (Å²) < 4.78 is 6.89. The van der Waals surface area contributed by atoms with Gasteiger partial charge in [-0.25, -0.2) is 0 Å². The van der Waals surface area contributed by atoms with Crippen LogP contribution in [0.2, 0.25) is 0 Å². The molecule has 0 amide bonds. The smallest absolute Gasteiger partial charge is 0.313 e. The summed E-state index contributed by atoms with van der Waals surface area (Å²) in [5.74, 6) is 0.339. The number of methoxy groups -OCH3 is 1. The van der Waals surface area contributed by atoms with Crippen LogP contribution >= 0.6 is 0 Å². The Morgan fingerprint density at radius 1 is 1.47 bits per heavy atom. The van der Waals surface area contributed by atoms with Gasteiger partial charge in [0.15, 0.2) is 0 Å². The van der Waals surface area contributed by atoms with Gasteiger partial charge in [0.25, 0.3) is 0 Å². The molecule has 0 aliphatic heterocycles. The SMILES string of the molecule is CNC(c1ccn(CC(C)(C)C(=O)OC)c1)C(C)C. The highest BCUT2D eigenvalue weighted by molar-refractivity contribution is 5.75.